The molecule has 0 saturated carbocycles. The maximum absolute atomic E-state index is 13.8. The summed E-state index contributed by atoms with van der Waals surface area (Å²) >= 11 is 0. The molecule has 0 atom stereocenters. The van der Waals surface area contributed by atoms with Crippen molar-refractivity contribution < 1.29 is 8.78 Å². The Bertz CT molecular complexity index is 710. The maximum Gasteiger partial charge on any atom is 0.198 e. The lowest BCUT2D eigenvalue weighted by molar-refractivity contribution is 0.585. The van der Waals surface area contributed by atoms with E-state index in [0.29, 0.717) is 17.0 Å². The van der Waals surface area contributed by atoms with E-state index >= 15 is 0 Å². The zero-order chi connectivity index (χ0) is 13.2. The van der Waals surface area contributed by atoms with E-state index in [1.807, 2.05) is 0 Å². The summed E-state index contributed by atoms with van der Waals surface area (Å²) in [5.74, 6) is -1.32. The summed E-state index contributed by atoms with van der Waals surface area (Å²) in [6.07, 6.45) is 6.98. The van der Waals surface area contributed by atoms with Crippen LogP contribution in [0, 0.1) is 18.0 Å². The third kappa shape index (κ3) is 2.08. The molecule has 0 unspecified atom stereocenters. The summed E-state index contributed by atoms with van der Waals surface area (Å²) in [5.41, 5.74) is 1.73. The Balaban J connectivity index is 2.21. The van der Waals surface area contributed by atoms with Gasteiger partial charge in [0.05, 0.1) is 23.9 Å². The number of benzene rings is 1. The predicted molar refractivity (Wildman–Crippen MR) is 63.8 cm³/mol. The van der Waals surface area contributed by atoms with Gasteiger partial charge in [-0.15, -0.1) is 0 Å². The SMILES string of the molecule is Fc1ccc(-c2n[c]ncc2-c2cnc[nH]2)c(F)c1. The van der Waals surface area contributed by atoms with Crippen molar-refractivity contribution in [1.82, 2.24) is 19.9 Å². The van der Waals surface area contributed by atoms with Crippen molar-refractivity contribution in [1.29, 1.82) is 0 Å². The molecule has 0 aliphatic rings. The van der Waals surface area contributed by atoms with Crippen LogP contribution in [-0.4, -0.2) is 19.9 Å². The molecule has 19 heavy (non-hydrogen) atoms. The topological polar surface area (TPSA) is 54.5 Å². The van der Waals surface area contributed by atoms with Crippen molar-refractivity contribution in [3.05, 3.63) is 54.9 Å². The molecule has 2 heterocycles. The first kappa shape index (κ1) is 11.5. The van der Waals surface area contributed by atoms with E-state index < -0.39 is 11.6 Å². The third-order valence-electron chi connectivity index (χ3n) is 2.64. The average molecular weight is 257 g/mol. The number of halogens is 2. The Kier molecular flexibility index (Phi) is 2.75. The van der Waals surface area contributed by atoms with Gasteiger partial charge in [-0.1, -0.05) is 0 Å². The van der Waals surface area contributed by atoms with Crippen molar-refractivity contribution in [2.45, 2.75) is 0 Å². The van der Waals surface area contributed by atoms with Crippen molar-refractivity contribution in [2.24, 2.45) is 0 Å². The minimum Gasteiger partial charge on any atom is -0.345 e. The van der Waals surface area contributed by atoms with Crippen LogP contribution in [0.4, 0.5) is 8.78 Å². The van der Waals surface area contributed by atoms with E-state index in [0.717, 1.165) is 6.07 Å². The molecule has 1 radical (unpaired) electrons. The number of hydrogen-bond acceptors (Lipinski definition) is 3. The normalized spacial score (nSPS) is 10.6. The van der Waals surface area contributed by atoms with E-state index in [9.17, 15) is 8.78 Å². The predicted octanol–water partition coefficient (Wildman–Crippen LogP) is 2.61. The molecule has 93 valence electrons. The highest BCUT2D eigenvalue weighted by Crippen LogP contribution is 2.29. The molecule has 0 saturated heterocycles. The van der Waals surface area contributed by atoms with Gasteiger partial charge in [0, 0.05) is 23.4 Å². The molecule has 0 aliphatic heterocycles. The first-order valence-corrected chi connectivity index (χ1v) is 5.43. The Morgan fingerprint density at radius 3 is 2.74 bits per heavy atom. The number of imidazole rings is 1. The first-order valence-electron chi connectivity index (χ1n) is 5.43. The van der Waals surface area contributed by atoms with Gasteiger partial charge in [0.15, 0.2) is 6.33 Å². The molecule has 0 aliphatic carbocycles. The minimum atomic E-state index is -0.687. The second kappa shape index (κ2) is 4.56. The van der Waals surface area contributed by atoms with Crippen molar-refractivity contribution in [3.8, 4) is 22.5 Å². The molecule has 3 aromatic rings. The zero-order valence-corrected chi connectivity index (χ0v) is 9.56. The average Bonchev–Trinajstić information content (AvgIpc) is 2.93. The van der Waals surface area contributed by atoms with Crippen LogP contribution < -0.4 is 0 Å². The van der Waals surface area contributed by atoms with E-state index in [1.165, 1.54) is 24.7 Å². The molecule has 0 fully saturated rings. The summed E-state index contributed by atoms with van der Waals surface area (Å²) < 4.78 is 26.8. The number of hydrogen-bond donors (Lipinski definition) is 1. The van der Waals surface area contributed by atoms with Crippen molar-refractivity contribution >= 4 is 0 Å². The van der Waals surface area contributed by atoms with Gasteiger partial charge in [-0.2, -0.15) is 0 Å². The minimum absolute atomic E-state index is 0.185. The van der Waals surface area contributed by atoms with Crippen LogP contribution >= 0.6 is 0 Å². The highest BCUT2D eigenvalue weighted by molar-refractivity contribution is 5.78. The summed E-state index contributed by atoms with van der Waals surface area (Å²) in [6.45, 7) is 0. The molecular formula is C13H7F2N4. The number of nitrogens with zero attached hydrogens (tertiary/aromatic N) is 3. The number of aromatic nitrogens is 4. The van der Waals surface area contributed by atoms with Crippen LogP contribution in [0.25, 0.3) is 22.5 Å². The van der Waals surface area contributed by atoms with Crippen LogP contribution in [0.15, 0.2) is 36.9 Å². The number of rotatable bonds is 2. The molecule has 0 bridgehead atoms. The highest BCUT2D eigenvalue weighted by Gasteiger charge is 2.14. The lowest BCUT2D eigenvalue weighted by atomic mass is 10.0. The van der Waals surface area contributed by atoms with Gasteiger partial charge in [-0.25, -0.2) is 23.7 Å². The van der Waals surface area contributed by atoms with E-state index in [2.05, 4.69) is 26.3 Å². The van der Waals surface area contributed by atoms with Crippen LogP contribution in [0.2, 0.25) is 0 Å². The summed E-state index contributed by atoms with van der Waals surface area (Å²) in [6, 6.07) is 3.33. The molecule has 3 rings (SSSR count). The number of nitrogens with one attached hydrogen (secondary N) is 1. The number of aromatic amines is 1. The second-order valence-corrected chi connectivity index (χ2v) is 3.82. The lowest BCUT2D eigenvalue weighted by Gasteiger charge is -2.07. The smallest absolute Gasteiger partial charge is 0.198 e. The van der Waals surface area contributed by atoms with Gasteiger partial charge >= 0.3 is 0 Å². The van der Waals surface area contributed by atoms with E-state index in [4.69, 9.17) is 0 Å². The van der Waals surface area contributed by atoms with E-state index in [1.54, 1.807) is 6.20 Å². The Morgan fingerprint density at radius 2 is 2.00 bits per heavy atom. The fraction of sp³-hybridized carbons (Fsp3) is 0. The summed E-state index contributed by atoms with van der Waals surface area (Å²) in [7, 11) is 0. The molecule has 6 heteroatoms. The van der Waals surface area contributed by atoms with Gasteiger partial charge in [-0.3, -0.25) is 0 Å². The highest BCUT2D eigenvalue weighted by atomic mass is 19.1. The van der Waals surface area contributed by atoms with Gasteiger partial charge < -0.3 is 4.98 Å². The lowest BCUT2D eigenvalue weighted by Crippen LogP contribution is -1.94. The fourth-order valence-electron chi connectivity index (χ4n) is 1.78. The molecular weight excluding hydrogens is 250 g/mol. The molecule has 0 amide bonds. The fourth-order valence-corrected chi connectivity index (χ4v) is 1.78. The molecule has 4 nitrogen and oxygen atoms in total. The van der Waals surface area contributed by atoms with Gasteiger partial charge in [0.1, 0.15) is 11.6 Å². The van der Waals surface area contributed by atoms with Gasteiger partial charge in [-0.05, 0) is 12.1 Å². The Labute approximate surface area is 107 Å². The zero-order valence-electron chi connectivity index (χ0n) is 9.56. The maximum atomic E-state index is 13.8. The van der Waals surface area contributed by atoms with Crippen molar-refractivity contribution in [2.75, 3.05) is 0 Å². The molecule has 1 N–H and O–H groups in total. The quantitative estimate of drug-likeness (QED) is 0.767. The third-order valence-corrected chi connectivity index (χ3v) is 2.64. The van der Waals surface area contributed by atoms with Gasteiger partial charge in [0.2, 0.25) is 0 Å². The molecule has 2 aromatic heterocycles. The van der Waals surface area contributed by atoms with Crippen molar-refractivity contribution in [3.63, 3.8) is 0 Å². The molecule has 1 aromatic carbocycles. The van der Waals surface area contributed by atoms with Crippen LogP contribution in [0.5, 0.6) is 0 Å². The summed E-state index contributed by atoms with van der Waals surface area (Å²) in [4.78, 5) is 14.5. The summed E-state index contributed by atoms with van der Waals surface area (Å²) in [5, 5.41) is 0. The standard InChI is InChI=1S/C13H7F2N4/c14-8-1-2-9(11(15)3-8)13-10(4-16-7-19-13)12-5-17-6-18-12/h1-6H,(H,17,18). The Morgan fingerprint density at radius 1 is 1.11 bits per heavy atom. The van der Waals surface area contributed by atoms with Crippen LogP contribution in [0.3, 0.4) is 0 Å². The number of H-pyrrole nitrogens is 1. The van der Waals surface area contributed by atoms with Crippen LogP contribution in [-0.2, 0) is 0 Å². The molecule has 0 spiro atoms. The monoisotopic (exact) mass is 257 g/mol. The largest absolute Gasteiger partial charge is 0.345 e. The Hall–Kier alpha value is -2.63. The van der Waals surface area contributed by atoms with Crippen LogP contribution in [0.1, 0.15) is 0 Å². The first-order chi connectivity index (χ1) is 9.25. The second-order valence-electron chi connectivity index (χ2n) is 3.82. The van der Waals surface area contributed by atoms with Gasteiger partial charge in [0.25, 0.3) is 0 Å². The van der Waals surface area contributed by atoms with E-state index in [-0.39, 0.29) is 5.56 Å².